The largest absolute Gasteiger partial charge is 0.489 e. The molecule has 3 rings (SSSR count). The van der Waals surface area contributed by atoms with Gasteiger partial charge in [-0.2, -0.15) is 0 Å². The Labute approximate surface area is 161 Å². The first-order chi connectivity index (χ1) is 13.2. The molecule has 3 heteroatoms. The fourth-order valence-corrected chi connectivity index (χ4v) is 2.80. The highest BCUT2D eigenvalue weighted by atomic mass is 16.5. The predicted molar refractivity (Wildman–Crippen MR) is 110 cm³/mol. The van der Waals surface area contributed by atoms with Crippen molar-refractivity contribution in [2.75, 3.05) is 5.32 Å². The summed E-state index contributed by atoms with van der Waals surface area (Å²) in [6.07, 6.45) is 1.10. The van der Waals surface area contributed by atoms with Crippen LogP contribution in [0.5, 0.6) is 5.75 Å². The molecule has 0 spiro atoms. The van der Waals surface area contributed by atoms with E-state index < -0.39 is 0 Å². The third-order valence-corrected chi connectivity index (χ3v) is 4.69. The smallest absolute Gasteiger partial charge is 0.255 e. The maximum atomic E-state index is 12.5. The Morgan fingerprint density at radius 3 is 2.41 bits per heavy atom. The average molecular weight is 359 g/mol. The van der Waals surface area contributed by atoms with E-state index in [1.165, 1.54) is 5.56 Å². The second kappa shape index (κ2) is 9.04. The van der Waals surface area contributed by atoms with E-state index in [1.54, 1.807) is 12.1 Å². The number of carbonyl (C=O) groups excluding carboxylic acids is 1. The first kappa shape index (κ1) is 18.7. The zero-order valence-corrected chi connectivity index (χ0v) is 15.8. The third-order valence-electron chi connectivity index (χ3n) is 4.69. The molecule has 138 valence electrons. The van der Waals surface area contributed by atoms with Crippen molar-refractivity contribution >= 4 is 11.6 Å². The summed E-state index contributed by atoms with van der Waals surface area (Å²) in [4.78, 5) is 12.5. The summed E-state index contributed by atoms with van der Waals surface area (Å²) in [7, 11) is 0. The first-order valence-corrected chi connectivity index (χ1v) is 9.34. The molecule has 1 N–H and O–H groups in total. The number of anilines is 1. The molecule has 0 radical (unpaired) electrons. The molecular formula is C24H25NO2. The molecule has 3 aromatic rings. The Balaban J connectivity index is 1.63. The molecule has 0 aliphatic heterocycles. The molecule has 0 aromatic heterocycles. The summed E-state index contributed by atoms with van der Waals surface area (Å²) in [5, 5.41) is 2.95. The van der Waals surface area contributed by atoms with Crippen molar-refractivity contribution in [1.82, 2.24) is 0 Å². The summed E-state index contributed by atoms with van der Waals surface area (Å²) < 4.78 is 5.81. The number of hydrogen-bond donors (Lipinski definition) is 1. The maximum absolute atomic E-state index is 12.5. The Morgan fingerprint density at radius 1 is 0.963 bits per heavy atom. The normalized spacial score (nSPS) is 11.6. The number of rotatable bonds is 7. The molecule has 1 amide bonds. The number of ether oxygens (including phenoxy) is 1. The van der Waals surface area contributed by atoms with Crippen molar-refractivity contribution in [3.05, 3.63) is 95.6 Å². The van der Waals surface area contributed by atoms with Crippen molar-refractivity contribution in [1.29, 1.82) is 0 Å². The third kappa shape index (κ3) is 5.20. The molecular weight excluding hydrogens is 334 g/mol. The number of amides is 1. The highest BCUT2D eigenvalue weighted by Crippen LogP contribution is 2.21. The van der Waals surface area contributed by atoms with Crippen LogP contribution in [0.4, 0.5) is 5.69 Å². The Kier molecular flexibility index (Phi) is 6.26. The van der Waals surface area contributed by atoms with Crippen LogP contribution in [0.25, 0.3) is 0 Å². The minimum absolute atomic E-state index is 0.142. The molecule has 0 aliphatic rings. The zero-order valence-electron chi connectivity index (χ0n) is 15.8. The monoisotopic (exact) mass is 359 g/mol. The van der Waals surface area contributed by atoms with Crippen LogP contribution in [0.1, 0.15) is 47.7 Å². The van der Waals surface area contributed by atoms with Gasteiger partial charge in [-0.15, -0.1) is 0 Å². The van der Waals surface area contributed by atoms with E-state index in [2.05, 4.69) is 31.3 Å². The second-order valence-electron chi connectivity index (χ2n) is 6.69. The summed E-state index contributed by atoms with van der Waals surface area (Å²) in [6.45, 7) is 4.85. The molecule has 0 fully saturated rings. The molecule has 0 heterocycles. The Morgan fingerprint density at radius 2 is 1.70 bits per heavy atom. The van der Waals surface area contributed by atoms with E-state index in [0.29, 0.717) is 23.8 Å². The van der Waals surface area contributed by atoms with Gasteiger partial charge in [0.25, 0.3) is 5.91 Å². The van der Waals surface area contributed by atoms with Crippen LogP contribution in [0.15, 0.2) is 78.9 Å². The van der Waals surface area contributed by atoms with E-state index >= 15 is 0 Å². The average Bonchev–Trinajstić information content (AvgIpc) is 2.73. The lowest BCUT2D eigenvalue weighted by Crippen LogP contribution is -2.12. The fourth-order valence-electron chi connectivity index (χ4n) is 2.80. The SMILES string of the molecule is CC[C@@H](C)c1ccc(NC(=O)c2cccc(OCc3ccccc3)c2)cc1. The van der Waals surface area contributed by atoms with Crippen LogP contribution in [0.2, 0.25) is 0 Å². The molecule has 0 saturated carbocycles. The molecule has 0 unspecified atom stereocenters. The van der Waals surface area contributed by atoms with Crippen molar-refractivity contribution in [2.45, 2.75) is 32.8 Å². The number of hydrogen-bond acceptors (Lipinski definition) is 2. The highest BCUT2D eigenvalue weighted by molar-refractivity contribution is 6.04. The van der Waals surface area contributed by atoms with E-state index in [4.69, 9.17) is 4.74 Å². The summed E-state index contributed by atoms with van der Waals surface area (Å²) >= 11 is 0. The van der Waals surface area contributed by atoms with Gasteiger partial charge in [-0.25, -0.2) is 0 Å². The van der Waals surface area contributed by atoms with Gasteiger partial charge in [0, 0.05) is 11.3 Å². The van der Waals surface area contributed by atoms with Gasteiger partial charge in [0.2, 0.25) is 0 Å². The van der Waals surface area contributed by atoms with Crippen molar-refractivity contribution in [3.8, 4) is 5.75 Å². The minimum atomic E-state index is -0.142. The molecule has 0 bridgehead atoms. The van der Waals surface area contributed by atoms with Gasteiger partial charge in [-0.05, 0) is 53.8 Å². The van der Waals surface area contributed by atoms with Gasteiger partial charge < -0.3 is 10.1 Å². The Hall–Kier alpha value is -3.07. The Bertz CT molecular complexity index is 872. The predicted octanol–water partition coefficient (Wildman–Crippen LogP) is 6.03. The first-order valence-electron chi connectivity index (χ1n) is 9.34. The summed E-state index contributed by atoms with van der Waals surface area (Å²) in [5.41, 5.74) is 3.75. The molecule has 27 heavy (non-hydrogen) atoms. The number of nitrogens with one attached hydrogen (secondary N) is 1. The van der Waals surface area contributed by atoms with E-state index in [9.17, 15) is 4.79 Å². The highest BCUT2D eigenvalue weighted by Gasteiger charge is 2.08. The fraction of sp³-hybridized carbons (Fsp3) is 0.208. The number of benzene rings is 3. The lowest BCUT2D eigenvalue weighted by molar-refractivity contribution is 0.102. The van der Waals surface area contributed by atoms with Crippen LogP contribution in [0, 0.1) is 0 Å². The summed E-state index contributed by atoms with van der Waals surface area (Å²) in [5.74, 6) is 1.06. The topological polar surface area (TPSA) is 38.3 Å². The molecule has 0 saturated heterocycles. The maximum Gasteiger partial charge on any atom is 0.255 e. The van der Waals surface area contributed by atoms with Crippen LogP contribution in [0.3, 0.4) is 0 Å². The van der Waals surface area contributed by atoms with Gasteiger partial charge in [-0.3, -0.25) is 4.79 Å². The summed E-state index contributed by atoms with van der Waals surface area (Å²) in [6, 6.07) is 25.3. The van der Waals surface area contributed by atoms with Crippen LogP contribution in [-0.2, 0) is 6.61 Å². The van der Waals surface area contributed by atoms with Gasteiger partial charge >= 0.3 is 0 Å². The lowest BCUT2D eigenvalue weighted by atomic mass is 9.98. The van der Waals surface area contributed by atoms with Gasteiger partial charge in [0.05, 0.1) is 0 Å². The standard InChI is InChI=1S/C24H25NO2/c1-3-18(2)20-12-14-22(15-13-20)25-24(26)21-10-7-11-23(16-21)27-17-19-8-5-4-6-9-19/h4-16,18H,3,17H2,1-2H3,(H,25,26)/t18-/m1/s1. The van der Waals surface area contributed by atoms with Crippen LogP contribution in [-0.4, -0.2) is 5.91 Å². The quantitative estimate of drug-likeness (QED) is 0.559. The van der Waals surface area contributed by atoms with Gasteiger partial charge in [0.15, 0.2) is 0 Å². The molecule has 1 atom stereocenters. The van der Waals surface area contributed by atoms with E-state index in [0.717, 1.165) is 17.7 Å². The van der Waals surface area contributed by atoms with Gasteiger partial charge in [-0.1, -0.05) is 62.4 Å². The van der Waals surface area contributed by atoms with E-state index in [1.807, 2.05) is 54.6 Å². The number of carbonyl (C=O) groups is 1. The molecule has 3 nitrogen and oxygen atoms in total. The van der Waals surface area contributed by atoms with Gasteiger partial charge in [0.1, 0.15) is 12.4 Å². The van der Waals surface area contributed by atoms with Crippen molar-refractivity contribution in [2.24, 2.45) is 0 Å². The zero-order chi connectivity index (χ0) is 19.1. The lowest BCUT2D eigenvalue weighted by Gasteiger charge is -2.11. The second-order valence-corrected chi connectivity index (χ2v) is 6.69. The van der Waals surface area contributed by atoms with Crippen LogP contribution < -0.4 is 10.1 Å². The molecule has 0 aliphatic carbocycles. The van der Waals surface area contributed by atoms with Crippen molar-refractivity contribution in [3.63, 3.8) is 0 Å². The molecule has 3 aromatic carbocycles. The van der Waals surface area contributed by atoms with Crippen molar-refractivity contribution < 1.29 is 9.53 Å². The minimum Gasteiger partial charge on any atom is -0.489 e. The van der Waals surface area contributed by atoms with E-state index in [-0.39, 0.29) is 5.91 Å². The van der Waals surface area contributed by atoms with Crippen LogP contribution >= 0.6 is 0 Å².